The monoisotopic (exact) mass is 325 g/mol. The summed E-state index contributed by atoms with van der Waals surface area (Å²) in [6, 6.07) is 17.4. The van der Waals surface area contributed by atoms with E-state index in [2.05, 4.69) is 27.7 Å². The van der Waals surface area contributed by atoms with Crippen molar-refractivity contribution in [3.05, 3.63) is 54.6 Å². The number of hydrogen-bond donors (Lipinski definition) is 2. The molecule has 5 nitrogen and oxygen atoms in total. The first-order chi connectivity index (χ1) is 11.7. The summed E-state index contributed by atoms with van der Waals surface area (Å²) in [4.78, 5) is 14.3. The van der Waals surface area contributed by atoms with Gasteiger partial charge in [-0.1, -0.05) is 24.3 Å². The molecule has 2 N–H and O–H groups in total. The van der Waals surface area contributed by atoms with Crippen LogP contribution in [0.4, 0.5) is 16.2 Å². The van der Waals surface area contributed by atoms with Gasteiger partial charge in [-0.25, -0.2) is 4.79 Å². The van der Waals surface area contributed by atoms with Crippen molar-refractivity contribution in [2.75, 3.05) is 37.0 Å². The Morgan fingerprint density at radius 3 is 2.83 bits per heavy atom. The van der Waals surface area contributed by atoms with Crippen LogP contribution in [-0.2, 0) is 0 Å². The molecule has 0 aromatic heterocycles. The third-order valence-electron chi connectivity index (χ3n) is 4.29. The van der Waals surface area contributed by atoms with Gasteiger partial charge in [0.15, 0.2) is 0 Å². The van der Waals surface area contributed by atoms with E-state index in [0.29, 0.717) is 12.5 Å². The van der Waals surface area contributed by atoms with E-state index in [-0.39, 0.29) is 6.03 Å². The largest absolute Gasteiger partial charge is 0.497 e. The molecule has 0 aliphatic carbocycles. The number of rotatable bonds is 5. The SMILES string of the molecule is COc1cccc(N2CCC(CNC(=O)Nc3ccccc3)C2)c1. The zero-order chi connectivity index (χ0) is 16.8. The molecule has 0 spiro atoms. The highest BCUT2D eigenvalue weighted by atomic mass is 16.5. The highest BCUT2D eigenvalue weighted by molar-refractivity contribution is 5.89. The lowest BCUT2D eigenvalue weighted by Crippen LogP contribution is -2.34. The van der Waals surface area contributed by atoms with Crippen LogP contribution >= 0.6 is 0 Å². The first kappa shape index (κ1) is 16.2. The Balaban J connectivity index is 1.47. The van der Waals surface area contributed by atoms with Crippen molar-refractivity contribution in [2.45, 2.75) is 6.42 Å². The zero-order valence-electron chi connectivity index (χ0n) is 13.9. The molecule has 1 fully saturated rings. The molecule has 1 heterocycles. The van der Waals surface area contributed by atoms with E-state index >= 15 is 0 Å². The number of benzene rings is 2. The quantitative estimate of drug-likeness (QED) is 0.886. The van der Waals surface area contributed by atoms with Gasteiger partial charge in [-0.3, -0.25) is 0 Å². The Morgan fingerprint density at radius 1 is 1.21 bits per heavy atom. The molecule has 2 amide bonds. The summed E-state index contributed by atoms with van der Waals surface area (Å²) >= 11 is 0. The fourth-order valence-electron chi connectivity index (χ4n) is 2.97. The summed E-state index contributed by atoms with van der Waals surface area (Å²) in [7, 11) is 1.68. The lowest BCUT2D eigenvalue weighted by atomic mass is 10.1. The number of anilines is 2. The summed E-state index contributed by atoms with van der Waals surface area (Å²) in [5.74, 6) is 1.33. The van der Waals surface area contributed by atoms with Crippen molar-refractivity contribution in [1.29, 1.82) is 0 Å². The van der Waals surface area contributed by atoms with Gasteiger partial charge in [0.25, 0.3) is 0 Å². The predicted molar refractivity (Wildman–Crippen MR) is 96.8 cm³/mol. The minimum atomic E-state index is -0.152. The van der Waals surface area contributed by atoms with Gasteiger partial charge in [0.1, 0.15) is 5.75 Å². The maximum absolute atomic E-state index is 12.0. The lowest BCUT2D eigenvalue weighted by Gasteiger charge is -2.19. The van der Waals surface area contributed by atoms with Crippen LogP contribution in [-0.4, -0.2) is 32.8 Å². The van der Waals surface area contributed by atoms with Gasteiger partial charge in [0.05, 0.1) is 7.11 Å². The molecular weight excluding hydrogens is 302 g/mol. The smallest absolute Gasteiger partial charge is 0.319 e. The molecule has 3 rings (SSSR count). The van der Waals surface area contributed by atoms with Crippen molar-refractivity contribution in [2.24, 2.45) is 5.92 Å². The Hall–Kier alpha value is -2.69. The normalized spacial score (nSPS) is 16.7. The van der Waals surface area contributed by atoms with E-state index in [9.17, 15) is 4.79 Å². The Labute approximate surface area is 142 Å². The lowest BCUT2D eigenvalue weighted by molar-refractivity contribution is 0.250. The maximum atomic E-state index is 12.0. The number of urea groups is 1. The second kappa shape index (κ2) is 7.73. The molecule has 126 valence electrons. The molecule has 2 aromatic rings. The summed E-state index contributed by atoms with van der Waals surface area (Å²) in [5, 5.41) is 5.81. The first-order valence-corrected chi connectivity index (χ1v) is 8.23. The zero-order valence-corrected chi connectivity index (χ0v) is 13.9. The second-order valence-electron chi connectivity index (χ2n) is 6.00. The van der Waals surface area contributed by atoms with E-state index in [1.807, 2.05) is 42.5 Å². The molecule has 0 radical (unpaired) electrons. The molecule has 0 bridgehead atoms. The molecule has 24 heavy (non-hydrogen) atoms. The minimum Gasteiger partial charge on any atom is -0.497 e. The van der Waals surface area contributed by atoms with Crippen LogP contribution in [0.15, 0.2) is 54.6 Å². The fourth-order valence-corrected chi connectivity index (χ4v) is 2.97. The maximum Gasteiger partial charge on any atom is 0.319 e. The molecule has 0 saturated carbocycles. The van der Waals surface area contributed by atoms with Crippen LogP contribution in [0.2, 0.25) is 0 Å². The minimum absolute atomic E-state index is 0.152. The van der Waals surface area contributed by atoms with Crippen LogP contribution in [0.25, 0.3) is 0 Å². The first-order valence-electron chi connectivity index (χ1n) is 8.23. The van der Waals surface area contributed by atoms with Gasteiger partial charge >= 0.3 is 6.03 Å². The molecule has 5 heteroatoms. The van der Waals surface area contributed by atoms with Crippen molar-refractivity contribution >= 4 is 17.4 Å². The second-order valence-corrected chi connectivity index (χ2v) is 6.00. The third kappa shape index (κ3) is 4.19. The fraction of sp³-hybridized carbons (Fsp3) is 0.316. The van der Waals surface area contributed by atoms with Crippen molar-refractivity contribution in [3.8, 4) is 5.75 Å². The van der Waals surface area contributed by atoms with Crippen LogP contribution in [0.3, 0.4) is 0 Å². The number of nitrogens with one attached hydrogen (secondary N) is 2. The number of amides is 2. The average molecular weight is 325 g/mol. The van der Waals surface area contributed by atoms with Crippen molar-refractivity contribution in [3.63, 3.8) is 0 Å². The van der Waals surface area contributed by atoms with Crippen LogP contribution < -0.4 is 20.3 Å². The third-order valence-corrected chi connectivity index (χ3v) is 4.29. The number of carbonyl (C=O) groups excluding carboxylic acids is 1. The highest BCUT2D eigenvalue weighted by Crippen LogP contribution is 2.26. The Bertz CT molecular complexity index is 675. The number of carbonyl (C=O) groups is 1. The van der Waals surface area contributed by atoms with Crippen molar-refractivity contribution in [1.82, 2.24) is 5.32 Å². The molecule has 1 aliphatic rings. The summed E-state index contributed by atoms with van der Waals surface area (Å²) < 4.78 is 5.28. The average Bonchev–Trinajstić information content (AvgIpc) is 3.10. The molecule has 1 aliphatic heterocycles. The van der Waals surface area contributed by atoms with Gasteiger partial charge in [0, 0.05) is 37.1 Å². The van der Waals surface area contributed by atoms with Gasteiger partial charge in [-0.05, 0) is 36.6 Å². The molecule has 1 saturated heterocycles. The molecular formula is C19H23N3O2. The van der Waals surface area contributed by atoms with E-state index < -0.39 is 0 Å². The summed E-state index contributed by atoms with van der Waals surface area (Å²) in [6.45, 7) is 2.62. The number of hydrogen-bond acceptors (Lipinski definition) is 3. The summed E-state index contributed by atoms with van der Waals surface area (Å²) in [5.41, 5.74) is 1.98. The summed E-state index contributed by atoms with van der Waals surface area (Å²) in [6.07, 6.45) is 1.07. The van der Waals surface area contributed by atoms with Crippen LogP contribution in [0.5, 0.6) is 5.75 Å². The van der Waals surface area contributed by atoms with Gasteiger partial charge in [-0.2, -0.15) is 0 Å². The van der Waals surface area contributed by atoms with Gasteiger partial charge in [-0.15, -0.1) is 0 Å². The van der Waals surface area contributed by atoms with Crippen LogP contribution in [0, 0.1) is 5.92 Å². The molecule has 1 atom stereocenters. The van der Waals surface area contributed by atoms with Gasteiger partial charge in [0.2, 0.25) is 0 Å². The van der Waals surface area contributed by atoms with E-state index in [4.69, 9.17) is 4.74 Å². The number of ether oxygens (including phenoxy) is 1. The number of para-hydroxylation sites is 1. The van der Waals surface area contributed by atoms with Crippen molar-refractivity contribution < 1.29 is 9.53 Å². The molecule has 2 aromatic carbocycles. The van der Waals surface area contributed by atoms with E-state index in [1.54, 1.807) is 7.11 Å². The number of methoxy groups -OCH3 is 1. The van der Waals surface area contributed by atoms with E-state index in [1.165, 1.54) is 5.69 Å². The predicted octanol–water partition coefficient (Wildman–Crippen LogP) is 3.34. The topological polar surface area (TPSA) is 53.6 Å². The Kier molecular flexibility index (Phi) is 5.21. The van der Waals surface area contributed by atoms with E-state index in [0.717, 1.165) is 30.9 Å². The molecule has 1 unspecified atom stereocenters. The number of nitrogens with zero attached hydrogens (tertiary/aromatic N) is 1. The Morgan fingerprint density at radius 2 is 2.04 bits per heavy atom. The van der Waals surface area contributed by atoms with Crippen LogP contribution in [0.1, 0.15) is 6.42 Å². The highest BCUT2D eigenvalue weighted by Gasteiger charge is 2.23. The standard InChI is InChI=1S/C19H23N3O2/c1-24-18-9-5-8-17(12-18)22-11-10-15(14-22)13-20-19(23)21-16-6-3-2-4-7-16/h2-9,12,15H,10-11,13-14H2,1H3,(H2,20,21,23). The van der Waals surface area contributed by atoms with Gasteiger partial charge < -0.3 is 20.3 Å².